The van der Waals surface area contributed by atoms with Crippen LogP contribution in [0.4, 0.5) is 28.4 Å². The minimum atomic E-state index is -1.24. The van der Waals surface area contributed by atoms with Crippen LogP contribution in [0.15, 0.2) is 91.0 Å². The van der Waals surface area contributed by atoms with Gasteiger partial charge in [-0.15, -0.1) is 0 Å². The van der Waals surface area contributed by atoms with E-state index in [4.69, 9.17) is 29.4 Å². The predicted molar refractivity (Wildman–Crippen MR) is 208 cm³/mol. The van der Waals surface area contributed by atoms with Crippen molar-refractivity contribution in [3.8, 4) is 28.7 Å². The van der Waals surface area contributed by atoms with E-state index in [2.05, 4.69) is 21.3 Å². The van der Waals surface area contributed by atoms with Crippen molar-refractivity contribution in [2.75, 3.05) is 62.5 Å². The lowest BCUT2D eigenvalue weighted by molar-refractivity contribution is 0.0692. The first-order chi connectivity index (χ1) is 27.0. The summed E-state index contributed by atoms with van der Waals surface area (Å²) in [6.45, 7) is 0. The summed E-state index contributed by atoms with van der Waals surface area (Å²) in [5, 5.41) is 20.4. The van der Waals surface area contributed by atoms with Gasteiger partial charge in [0.2, 0.25) is 0 Å². The largest absolute Gasteiger partial charge is 0.494 e. The molecule has 0 atom stereocenters. The molecule has 16 heteroatoms. The molecule has 0 aliphatic rings. The zero-order chi connectivity index (χ0) is 40.5. The molecule has 0 bridgehead atoms. The molecule has 288 valence electrons. The number of benzene rings is 5. The van der Waals surface area contributed by atoms with Crippen LogP contribution in [0.25, 0.3) is 0 Å². The Bertz CT molecular complexity index is 2340. The van der Waals surface area contributed by atoms with Gasteiger partial charge in [0.15, 0.2) is 28.7 Å². The second kappa shape index (κ2) is 17.4. The molecule has 4 amide bonds. The quantitative estimate of drug-likeness (QED) is 0.0714. The number of hydrogen-bond acceptors (Lipinski definition) is 11. The highest BCUT2D eigenvalue weighted by Gasteiger charge is 2.25. The summed E-state index contributed by atoms with van der Waals surface area (Å²) in [5.41, 5.74) is 6.86. The van der Waals surface area contributed by atoms with Crippen LogP contribution < -0.4 is 50.7 Å². The van der Waals surface area contributed by atoms with Crippen LogP contribution in [-0.4, -0.2) is 70.3 Å². The monoisotopic (exact) mass is 763 g/mol. The van der Waals surface area contributed by atoms with Crippen molar-refractivity contribution in [2.45, 2.75) is 0 Å². The van der Waals surface area contributed by atoms with E-state index >= 15 is 0 Å². The number of nitrogen functional groups attached to an aromatic ring is 1. The third-order valence-corrected chi connectivity index (χ3v) is 8.33. The normalized spacial score (nSPS) is 10.4. The van der Waals surface area contributed by atoms with E-state index < -0.39 is 29.6 Å². The summed E-state index contributed by atoms with van der Waals surface area (Å²) in [4.78, 5) is 65.8. The van der Waals surface area contributed by atoms with Crippen molar-refractivity contribution in [2.24, 2.45) is 0 Å². The number of anilines is 5. The number of methoxy groups -OCH3 is 5. The molecule has 5 rings (SSSR count). The molecule has 5 aromatic carbocycles. The van der Waals surface area contributed by atoms with Crippen molar-refractivity contribution in [3.63, 3.8) is 0 Å². The first kappa shape index (κ1) is 39.5. The van der Waals surface area contributed by atoms with Crippen LogP contribution >= 0.6 is 0 Å². The van der Waals surface area contributed by atoms with Crippen LogP contribution in [0, 0.1) is 0 Å². The topological polar surface area (TPSA) is 226 Å². The smallest absolute Gasteiger partial charge is 0.339 e. The van der Waals surface area contributed by atoms with Crippen molar-refractivity contribution in [3.05, 3.63) is 119 Å². The highest BCUT2D eigenvalue weighted by atomic mass is 16.5. The number of nitrogens with one attached hydrogen (secondary N) is 4. The Balaban J connectivity index is 1.38. The third-order valence-electron chi connectivity index (χ3n) is 8.33. The Kier molecular flexibility index (Phi) is 12.2. The molecule has 0 aromatic heterocycles. The molecule has 5 aromatic rings. The number of carbonyl (C=O) groups is 5. The maximum absolute atomic E-state index is 13.7. The zero-order valence-corrected chi connectivity index (χ0v) is 30.8. The van der Waals surface area contributed by atoms with Gasteiger partial charge >= 0.3 is 5.97 Å². The van der Waals surface area contributed by atoms with Crippen molar-refractivity contribution in [1.82, 2.24) is 0 Å². The zero-order valence-electron chi connectivity index (χ0n) is 30.8. The highest BCUT2D eigenvalue weighted by molar-refractivity contribution is 6.14. The van der Waals surface area contributed by atoms with Crippen LogP contribution in [0.5, 0.6) is 28.7 Å². The van der Waals surface area contributed by atoms with E-state index in [0.717, 1.165) is 0 Å². The van der Waals surface area contributed by atoms with Crippen LogP contribution in [0.3, 0.4) is 0 Å². The number of nitrogens with two attached hydrogens (primary N) is 1. The number of hydrogen-bond donors (Lipinski definition) is 6. The van der Waals surface area contributed by atoms with E-state index in [1.165, 1.54) is 102 Å². The summed E-state index contributed by atoms with van der Waals surface area (Å²) < 4.78 is 27.2. The molecule has 56 heavy (non-hydrogen) atoms. The van der Waals surface area contributed by atoms with Gasteiger partial charge in [-0.25, -0.2) is 4.79 Å². The van der Waals surface area contributed by atoms with Gasteiger partial charge < -0.3 is 55.8 Å². The summed E-state index contributed by atoms with van der Waals surface area (Å²) in [7, 11) is 6.65. The number of ether oxygens (including phenoxy) is 5. The molecule has 16 nitrogen and oxygen atoms in total. The van der Waals surface area contributed by atoms with Gasteiger partial charge in [-0.05, 0) is 60.7 Å². The second-order valence-electron chi connectivity index (χ2n) is 11.6. The number of amides is 4. The third kappa shape index (κ3) is 8.08. The van der Waals surface area contributed by atoms with Gasteiger partial charge in [-0.2, -0.15) is 0 Å². The molecule has 0 aliphatic carbocycles. The number of carbonyl (C=O) groups excluding carboxylic acids is 4. The van der Waals surface area contributed by atoms with Gasteiger partial charge in [0.25, 0.3) is 23.6 Å². The van der Waals surface area contributed by atoms with Crippen LogP contribution in [0.2, 0.25) is 0 Å². The lowest BCUT2D eigenvalue weighted by Crippen LogP contribution is -2.19. The molecular formula is C40H37N5O11. The van der Waals surface area contributed by atoms with Gasteiger partial charge in [-0.1, -0.05) is 30.3 Å². The summed E-state index contributed by atoms with van der Waals surface area (Å²) >= 11 is 0. The predicted octanol–water partition coefficient (Wildman–Crippen LogP) is 6.02. The molecule has 0 aliphatic heterocycles. The Morgan fingerprint density at radius 2 is 0.661 bits per heavy atom. The van der Waals surface area contributed by atoms with E-state index in [9.17, 15) is 29.1 Å². The molecular weight excluding hydrogens is 726 g/mol. The van der Waals surface area contributed by atoms with E-state index in [1.54, 1.807) is 24.3 Å². The average molecular weight is 764 g/mol. The SMILES string of the molecule is COc1c(N)cccc1C(=O)Nc1cccc(C(=O)Nc2cccc(C(=O)Nc3cccc(C(=O)Nc4cccc(C(=O)O)c4OC)c3OC)c2OC)c1OC. The molecule has 0 spiro atoms. The summed E-state index contributed by atoms with van der Waals surface area (Å²) in [6.07, 6.45) is 0. The molecule has 0 radical (unpaired) electrons. The molecule has 0 saturated heterocycles. The number of carboxylic acid groups (broad SMARTS) is 1. The molecule has 0 heterocycles. The van der Waals surface area contributed by atoms with E-state index in [1.807, 2.05) is 0 Å². The fourth-order valence-electron chi connectivity index (χ4n) is 5.85. The fourth-order valence-corrected chi connectivity index (χ4v) is 5.85. The van der Waals surface area contributed by atoms with E-state index in [0.29, 0.717) is 0 Å². The van der Waals surface area contributed by atoms with Gasteiger partial charge in [0.1, 0.15) is 5.56 Å². The maximum atomic E-state index is 13.7. The first-order valence-corrected chi connectivity index (χ1v) is 16.6. The first-order valence-electron chi connectivity index (χ1n) is 16.6. The Morgan fingerprint density at radius 3 is 0.946 bits per heavy atom. The van der Waals surface area contributed by atoms with Gasteiger partial charge in [0.05, 0.1) is 86.2 Å². The summed E-state index contributed by atoms with van der Waals surface area (Å²) in [6, 6.07) is 22.6. The Morgan fingerprint density at radius 1 is 0.411 bits per heavy atom. The minimum absolute atomic E-state index is 0.00312. The molecule has 0 fully saturated rings. The minimum Gasteiger partial charge on any atom is -0.494 e. The highest BCUT2D eigenvalue weighted by Crippen LogP contribution is 2.36. The number of para-hydroxylation sites is 5. The lowest BCUT2D eigenvalue weighted by atomic mass is 10.1. The van der Waals surface area contributed by atoms with Crippen LogP contribution in [0.1, 0.15) is 51.8 Å². The van der Waals surface area contributed by atoms with Gasteiger partial charge in [0, 0.05) is 0 Å². The van der Waals surface area contributed by atoms with Crippen molar-refractivity contribution >= 4 is 58.0 Å². The number of aromatic carboxylic acids is 1. The standard InChI is InChI=1S/C40H37N5O11/c1-52-31-21(11-6-16-26(31)41)36(46)42-27-17-7-12-22(32(27)53-2)37(47)43-28-18-8-13-23(33(28)54-3)38(48)44-29-19-9-14-24(34(29)55-4)39(49)45-30-20-10-15-25(40(50)51)35(30)56-5/h6-20H,41H2,1-5H3,(H,42,46)(H,43,47)(H,44,48)(H,45,49)(H,50,51). The summed E-state index contributed by atoms with van der Waals surface area (Å²) in [5.74, 6) is -3.61. The maximum Gasteiger partial charge on any atom is 0.339 e. The van der Waals surface area contributed by atoms with Crippen molar-refractivity contribution in [1.29, 1.82) is 0 Å². The molecule has 7 N–H and O–H groups in total. The Hall–Kier alpha value is -7.75. The average Bonchev–Trinajstić information content (AvgIpc) is 3.20. The number of rotatable bonds is 14. The molecule has 0 unspecified atom stereocenters. The van der Waals surface area contributed by atoms with Gasteiger partial charge in [-0.3, -0.25) is 19.2 Å². The molecule has 0 saturated carbocycles. The van der Waals surface area contributed by atoms with Crippen molar-refractivity contribution < 1.29 is 52.8 Å². The Labute approximate surface area is 320 Å². The second-order valence-corrected chi connectivity index (χ2v) is 11.6. The lowest BCUT2D eigenvalue weighted by Gasteiger charge is -2.18. The fraction of sp³-hybridized carbons (Fsp3) is 0.125. The number of carboxylic acids is 1. The van der Waals surface area contributed by atoms with E-state index in [-0.39, 0.29) is 85.0 Å². The van der Waals surface area contributed by atoms with Crippen LogP contribution in [-0.2, 0) is 0 Å².